The molecule has 0 heterocycles. The molecule has 7 heteroatoms. The number of fused-ring (bicyclic) bond motifs is 3. The first-order chi connectivity index (χ1) is 21.5. The van der Waals surface area contributed by atoms with Gasteiger partial charge in [-0.2, -0.15) is 0 Å². The first kappa shape index (κ1) is 28.4. The van der Waals surface area contributed by atoms with E-state index in [-0.39, 0.29) is 24.9 Å². The molecule has 1 unspecified atom stereocenters. The Kier molecular flexibility index (Phi) is 8.19. The Bertz CT molecular complexity index is 1770. The van der Waals surface area contributed by atoms with Crippen molar-refractivity contribution in [3.05, 3.63) is 150 Å². The van der Waals surface area contributed by atoms with E-state index in [1.54, 1.807) is 12.1 Å². The summed E-state index contributed by atoms with van der Waals surface area (Å²) in [5.41, 5.74) is 8.02. The van der Waals surface area contributed by atoms with Crippen molar-refractivity contribution < 1.29 is 24.2 Å². The van der Waals surface area contributed by atoms with E-state index in [4.69, 9.17) is 4.74 Å². The highest BCUT2D eigenvalue weighted by molar-refractivity contribution is 6.06. The quantitative estimate of drug-likeness (QED) is 0.171. The predicted octanol–water partition coefficient (Wildman–Crippen LogP) is 7.14. The Hall–Kier alpha value is -5.69. The van der Waals surface area contributed by atoms with Gasteiger partial charge in [-0.15, -0.1) is 0 Å². The molecule has 1 aliphatic rings. The Morgan fingerprint density at radius 1 is 0.682 bits per heavy atom. The molecule has 1 aliphatic carbocycles. The molecule has 44 heavy (non-hydrogen) atoms. The van der Waals surface area contributed by atoms with Crippen molar-refractivity contribution in [2.45, 2.75) is 18.4 Å². The maximum absolute atomic E-state index is 12.8. The highest BCUT2D eigenvalue weighted by Crippen LogP contribution is 2.44. The molecule has 0 saturated heterocycles. The molecule has 0 bridgehead atoms. The van der Waals surface area contributed by atoms with Gasteiger partial charge in [0, 0.05) is 29.2 Å². The van der Waals surface area contributed by atoms with E-state index in [9.17, 15) is 19.5 Å². The number of alkyl carbamates (subject to hydrolysis) is 1. The average Bonchev–Trinajstić information content (AvgIpc) is 3.38. The molecule has 1 atom stereocenters. The largest absolute Gasteiger partial charge is 0.480 e. The van der Waals surface area contributed by atoms with Crippen LogP contribution in [0.15, 0.2) is 127 Å². The van der Waals surface area contributed by atoms with E-state index < -0.39 is 18.1 Å². The van der Waals surface area contributed by atoms with Gasteiger partial charge in [0.1, 0.15) is 12.6 Å². The molecule has 2 amide bonds. The van der Waals surface area contributed by atoms with E-state index in [1.807, 2.05) is 103 Å². The minimum Gasteiger partial charge on any atom is -0.480 e. The van der Waals surface area contributed by atoms with E-state index in [2.05, 4.69) is 22.8 Å². The number of anilines is 1. The van der Waals surface area contributed by atoms with Crippen molar-refractivity contribution in [2.24, 2.45) is 0 Å². The lowest BCUT2D eigenvalue weighted by atomic mass is 9.98. The molecule has 6 rings (SSSR count). The van der Waals surface area contributed by atoms with Crippen LogP contribution in [0.4, 0.5) is 10.5 Å². The molecule has 0 aliphatic heterocycles. The zero-order chi connectivity index (χ0) is 30.5. The zero-order valence-corrected chi connectivity index (χ0v) is 23.8. The first-order valence-corrected chi connectivity index (χ1v) is 14.4. The highest BCUT2D eigenvalue weighted by atomic mass is 16.5. The van der Waals surface area contributed by atoms with Gasteiger partial charge in [-0.05, 0) is 51.6 Å². The van der Waals surface area contributed by atoms with Crippen molar-refractivity contribution in [1.29, 1.82) is 0 Å². The summed E-state index contributed by atoms with van der Waals surface area (Å²) in [7, 11) is 0. The number of rotatable bonds is 9. The maximum Gasteiger partial charge on any atom is 0.407 e. The van der Waals surface area contributed by atoms with E-state index in [1.165, 1.54) is 0 Å². The van der Waals surface area contributed by atoms with Crippen molar-refractivity contribution in [1.82, 2.24) is 5.32 Å². The van der Waals surface area contributed by atoms with Gasteiger partial charge in [0.05, 0.1) is 0 Å². The fourth-order valence-corrected chi connectivity index (χ4v) is 5.67. The summed E-state index contributed by atoms with van der Waals surface area (Å²) in [4.78, 5) is 37.6. The number of benzene rings is 5. The maximum atomic E-state index is 12.8. The normalized spacial score (nSPS) is 12.5. The van der Waals surface area contributed by atoms with E-state index in [0.29, 0.717) is 11.3 Å². The molecular formula is C37H30N2O5. The summed E-state index contributed by atoms with van der Waals surface area (Å²) in [6.45, 7) is 0.0983. The van der Waals surface area contributed by atoms with Crippen LogP contribution >= 0.6 is 0 Å². The fraction of sp³-hybridized carbons (Fsp3) is 0.108. The number of para-hydroxylation sites is 1. The van der Waals surface area contributed by atoms with Crippen LogP contribution in [0.5, 0.6) is 0 Å². The van der Waals surface area contributed by atoms with Crippen LogP contribution in [0.25, 0.3) is 22.3 Å². The topological polar surface area (TPSA) is 105 Å². The number of hydrogen-bond acceptors (Lipinski definition) is 4. The molecular weight excluding hydrogens is 552 g/mol. The van der Waals surface area contributed by atoms with Crippen LogP contribution < -0.4 is 10.6 Å². The predicted molar refractivity (Wildman–Crippen MR) is 170 cm³/mol. The number of aliphatic carboxylic acids is 1. The van der Waals surface area contributed by atoms with Gasteiger partial charge in [-0.3, -0.25) is 4.79 Å². The summed E-state index contributed by atoms with van der Waals surface area (Å²) in [5, 5.41) is 15.4. The standard InChI is InChI=1S/C37H30N2O5/c40-35(26-10-2-1-3-11-26)38-33-17-9-8-12-27(33)25-20-18-24(19-21-25)22-34(36(41)42)39-37(43)44-23-32-30-15-6-4-13-28(30)29-14-5-7-16-31(29)32/h1-21,32,34H,22-23H2,(H,38,40)(H,39,43)(H,41,42). The minimum atomic E-state index is -1.17. The van der Waals surface area contributed by atoms with Crippen molar-refractivity contribution in [3.63, 3.8) is 0 Å². The van der Waals surface area contributed by atoms with Gasteiger partial charge in [0.25, 0.3) is 5.91 Å². The number of amides is 2. The molecule has 0 aromatic heterocycles. The molecule has 5 aromatic rings. The average molecular weight is 583 g/mol. The number of nitrogens with one attached hydrogen (secondary N) is 2. The van der Waals surface area contributed by atoms with Crippen molar-refractivity contribution >= 4 is 23.7 Å². The third-order valence-electron chi connectivity index (χ3n) is 7.85. The smallest absolute Gasteiger partial charge is 0.407 e. The summed E-state index contributed by atoms with van der Waals surface area (Å²) in [5.74, 6) is -1.49. The summed E-state index contributed by atoms with van der Waals surface area (Å²) in [6.07, 6.45) is -0.703. The number of carbonyl (C=O) groups is 3. The number of carboxylic acid groups (broad SMARTS) is 1. The van der Waals surface area contributed by atoms with Crippen molar-refractivity contribution in [3.8, 4) is 22.3 Å². The van der Waals surface area contributed by atoms with Gasteiger partial charge >= 0.3 is 12.1 Å². The molecule has 0 fully saturated rings. The number of carboxylic acids is 1. The molecule has 0 spiro atoms. The Labute approximate surface area is 255 Å². The van der Waals surface area contributed by atoms with Crippen LogP contribution in [0.3, 0.4) is 0 Å². The van der Waals surface area contributed by atoms with Crippen LogP contribution in [0.2, 0.25) is 0 Å². The molecule has 0 radical (unpaired) electrons. The van der Waals surface area contributed by atoms with Gasteiger partial charge in [-0.1, -0.05) is 109 Å². The van der Waals surface area contributed by atoms with E-state index >= 15 is 0 Å². The number of ether oxygens (including phenoxy) is 1. The second-order valence-electron chi connectivity index (χ2n) is 10.6. The Morgan fingerprint density at radius 2 is 1.25 bits per heavy atom. The lowest BCUT2D eigenvalue weighted by Crippen LogP contribution is -2.42. The second kappa shape index (κ2) is 12.7. The Morgan fingerprint density at radius 3 is 1.89 bits per heavy atom. The van der Waals surface area contributed by atoms with E-state index in [0.717, 1.165) is 38.9 Å². The monoisotopic (exact) mass is 582 g/mol. The SMILES string of the molecule is O=C(NC(Cc1ccc(-c2ccccc2NC(=O)c2ccccc2)cc1)C(=O)O)OCC1c2ccccc2-c2ccccc21. The molecule has 0 saturated carbocycles. The van der Waals surface area contributed by atoms with Crippen LogP contribution in [-0.2, 0) is 16.0 Å². The summed E-state index contributed by atoms with van der Waals surface area (Å²) < 4.78 is 5.56. The van der Waals surface area contributed by atoms with Gasteiger partial charge in [-0.25, -0.2) is 9.59 Å². The van der Waals surface area contributed by atoms with Crippen molar-refractivity contribution in [2.75, 3.05) is 11.9 Å². The minimum absolute atomic E-state index is 0.0756. The summed E-state index contributed by atoms with van der Waals surface area (Å²) in [6, 6.07) is 38.7. The van der Waals surface area contributed by atoms with Crippen LogP contribution in [-0.4, -0.2) is 35.7 Å². The van der Waals surface area contributed by atoms with Crippen LogP contribution in [0.1, 0.15) is 33.0 Å². The van der Waals surface area contributed by atoms with Gasteiger partial charge in [0.15, 0.2) is 0 Å². The van der Waals surface area contributed by atoms with Gasteiger partial charge < -0.3 is 20.5 Å². The molecule has 218 valence electrons. The molecule has 7 nitrogen and oxygen atoms in total. The number of hydrogen-bond donors (Lipinski definition) is 3. The number of carbonyl (C=O) groups excluding carboxylic acids is 2. The third-order valence-corrected chi connectivity index (χ3v) is 7.85. The first-order valence-electron chi connectivity index (χ1n) is 14.4. The van der Waals surface area contributed by atoms with Gasteiger partial charge in [0.2, 0.25) is 0 Å². The molecule has 3 N–H and O–H groups in total. The third kappa shape index (κ3) is 6.08. The zero-order valence-electron chi connectivity index (χ0n) is 23.8. The highest BCUT2D eigenvalue weighted by Gasteiger charge is 2.30. The Balaban J connectivity index is 1.10. The lowest BCUT2D eigenvalue weighted by Gasteiger charge is -2.18. The molecule has 5 aromatic carbocycles. The fourth-order valence-electron chi connectivity index (χ4n) is 5.67. The summed E-state index contributed by atoms with van der Waals surface area (Å²) >= 11 is 0. The second-order valence-corrected chi connectivity index (χ2v) is 10.6. The lowest BCUT2D eigenvalue weighted by molar-refractivity contribution is -0.139. The van der Waals surface area contributed by atoms with Crippen LogP contribution in [0, 0.1) is 0 Å².